The Hall–Kier alpha value is -1.72. The molecule has 0 atom stereocenters. The number of aromatic nitrogens is 3. The van der Waals surface area contributed by atoms with Crippen LogP contribution < -0.4 is 5.32 Å². The normalized spacial score (nSPS) is 11.8. The fourth-order valence-electron chi connectivity index (χ4n) is 2.04. The summed E-state index contributed by atoms with van der Waals surface area (Å²) in [5.74, 6) is 0. The first kappa shape index (κ1) is 15.7. The summed E-state index contributed by atoms with van der Waals surface area (Å²) in [6.07, 6.45) is 1.99. The molecule has 2 rings (SSSR count). The van der Waals surface area contributed by atoms with E-state index in [0.717, 1.165) is 12.2 Å². The molecule has 0 saturated carbocycles. The molecule has 1 N–H and O–H groups in total. The van der Waals surface area contributed by atoms with Gasteiger partial charge in [-0.1, -0.05) is 29.5 Å². The summed E-state index contributed by atoms with van der Waals surface area (Å²) in [4.78, 5) is 0. The molecule has 0 bridgehead atoms. The van der Waals surface area contributed by atoms with E-state index in [4.69, 9.17) is 4.74 Å². The van der Waals surface area contributed by atoms with E-state index in [-0.39, 0.29) is 5.54 Å². The number of methoxy groups -OCH3 is 1. The minimum Gasteiger partial charge on any atom is -0.380 e. The van der Waals surface area contributed by atoms with Crippen molar-refractivity contribution < 1.29 is 4.74 Å². The second kappa shape index (κ2) is 6.83. The maximum Gasteiger partial charge on any atom is 0.0965 e. The molecule has 1 aromatic heterocycles. The Kier molecular flexibility index (Phi) is 5.09. The van der Waals surface area contributed by atoms with E-state index in [1.54, 1.807) is 7.11 Å². The van der Waals surface area contributed by atoms with Crippen molar-refractivity contribution in [1.82, 2.24) is 20.3 Å². The summed E-state index contributed by atoms with van der Waals surface area (Å²) < 4.78 is 7.04. The summed E-state index contributed by atoms with van der Waals surface area (Å²) in [6.45, 7) is 8.50. The van der Waals surface area contributed by atoms with Gasteiger partial charge in [-0.15, -0.1) is 5.10 Å². The molecule has 1 aromatic carbocycles. The van der Waals surface area contributed by atoms with Gasteiger partial charge in [0.2, 0.25) is 0 Å². The van der Waals surface area contributed by atoms with E-state index in [0.29, 0.717) is 13.2 Å². The Morgan fingerprint density at radius 1 is 1.19 bits per heavy atom. The zero-order valence-corrected chi connectivity index (χ0v) is 13.3. The van der Waals surface area contributed by atoms with Gasteiger partial charge >= 0.3 is 0 Å². The average molecular weight is 288 g/mol. The van der Waals surface area contributed by atoms with Crippen LogP contribution in [-0.2, 0) is 30.0 Å². The van der Waals surface area contributed by atoms with E-state index in [2.05, 4.69) is 60.7 Å². The lowest BCUT2D eigenvalue weighted by Crippen LogP contribution is -2.22. The van der Waals surface area contributed by atoms with Gasteiger partial charge < -0.3 is 10.1 Å². The van der Waals surface area contributed by atoms with Gasteiger partial charge in [0, 0.05) is 20.2 Å². The number of nitrogens with one attached hydrogen (secondary N) is 1. The van der Waals surface area contributed by atoms with Crippen LogP contribution in [0.2, 0.25) is 0 Å². The number of rotatable bonds is 6. The van der Waals surface area contributed by atoms with Crippen LogP contribution in [0.1, 0.15) is 37.6 Å². The molecule has 0 unspecified atom stereocenters. The van der Waals surface area contributed by atoms with Crippen LogP contribution in [0, 0.1) is 0 Å². The van der Waals surface area contributed by atoms with Gasteiger partial charge in [-0.25, -0.2) is 4.68 Å². The van der Waals surface area contributed by atoms with E-state index in [1.165, 1.54) is 11.1 Å². The molecule has 1 heterocycles. The van der Waals surface area contributed by atoms with Crippen molar-refractivity contribution in [3.8, 4) is 0 Å². The largest absolute Gasteiger partial charge is 0.380 e. The van der Waals surface area contributed by atoms with Crippen molar-refractivity contribution in [1.29, 1.82) is 0 Å². The zero-order chi connectivity index (χ0) is 15.3. The Morgan fingerprint density at radius 2 is 1.95 bits per heavy atom. The Labute approximate surface area is 126 Å². The second-order valence-corrected chi connectivity index (χ2v) is 6.18. The zero-order valence-electron chi connectivity index (χ0n) is 13.3. The molecule has 114 valence electrons. The SMILES string of the molecule is COCc1cccc(CNCc2cn(C(C)(C)C)nn2)c1. The Balaban J connectivity index is 1.87. The van der Waals surface area contributed by atoms with E-state index >= 15 is 0 Å². The summed E-state index contributed by atoms with van der Waals surface area (Å²) in [5.41, 5.74) is 3.36. The highest BCUT2D eigenvalue weighted by Gasteiger charge is 2.14. The minimum absolute atomic E-state index is 0.0280. The lowest BCUT2D eigenvalue weighted by atomic mass is 10.1. The highest BCUT2D eigenvalue weighted by molar-refractivity contribution is 5.22. The predicted octanol–water partition coefficient (Wildman–Crippen LogP) is 2.47. The van der Waals surface area contributed by atoms with Crippen LogP contribution in [0.3, 0.4) is 0 Å². The molecule has 0 spiro atoms. The lowest BCUT2D eigenvalue weighted by molar-refractivity contribution is 0.185. The lowest BCUT2D eigenvalue weighted by Gasteiger charge is -2.17. The van der Waals surface area contributed by atoms with Crippen LogP contribution in [-0.4, -0.2) is 22.1 Å². The Bertz CT molecular complexity index is 572. The van der Waals surface area contributed by atoms with E-state index in [1.807, 2.05) is 10.9 Å². The first-order valence-electron chi connectivity index (χ1n) is 7.18. The van der Waals surface area contributed by atoms with Gasteiger partial charge in [0.05, 0.1) is 24.0 Å². The van der Waals surface area contributed by atoms with Crippen LogP contribution >= 0.6 is 0 Å². The molecule has 2 aromatic rings. The van der Waals surface area contributed by atoms with Crippen LogP contribution in [0.4, 0.5) is 0 Å². The number of nitrogens with zero attached hydrogens (tertiary/aromatic N) is 3. The highest BCUT2D eigenvalue weighted by atomic mass is 16.5. The highest BCUT2D eigenvalue weighted by Crippen LogP contribution is 2.12. The second-order valence-electron chi connectivity index (χ2n) is 6.18. The molecule has 0 saturated heterocycles. The van der Waals surface area contributed by atoms with Crippen LogP contribution in [0.15, 0.2) is 30.5 Å². The number of benzene rings is 1. The molecule has 5 heteroatoms. The average Bonchev–Trinajstić information content (AvgIpc) is 2.88. The molecule has 0 aliphatic heterocycles. The smallest absolute Gasteiger partial charge is 0.0965 e. The molecule has 0 aliphatic rings. The van der Waals surface area contributed by atoms with E-state index < -0.39 is 0 Å². The molecule has 0 radical (unpaired) electrons. The van der Waals surface area contributed by atoms with Crippen molar-refractivity contribution >= 4 is 0 Å². The van der Waals surface area contributed by atoms with Crippen molar-refractivity contribution in [2.75, 3.05) is 7.11 Å². The first-order chi connectivity index (χ1) is 9.99. The summed E-state index contributed by atoms with van der Waals surface area (Å²) in [6, 6.07) is 8.39. The van der Waals surface area contributed by atoms with Gasteiger partial charge in [-0.2, -0.15) is 0 Å². The third kappa shape index (κ3) is 4.65. The maximum absolute atomic E-state index is 5.15. The van der Waals surface area contributed by atoms with E-state index in [9.17, 15) is 0 Å². The molecule has 0 fully saturated rings. The quantitative estimate of drug-likeness (QED) is 0.887. The monoisotopic (exact) mass is 288 g/mol. The van der Waals surface area contributed by atoms with Crippen LogP contribution in [0.25, 0.3) is 0 Å². The van der Waals surface area contributed by atoms with Crippen molar-refractivity contribution in [2.24, 2.45) is 0 Å². The van der Waals surface area contributed by atoms with Gasteiger partial charge in [0.1, 0.15) is 0 Å². The van der Waals surface area contributed by atoms with Crippen molar-refractivity contribution in [3.05, 3.63) is 47.3 Å². The minimum atomic E-state index is -0.0280. The van der Waals surface area contributed by atoms with Crippen molar-refractivity contribution in [2.45, 2.75) is 46.0 Å². The summed E-state index contributed by atoms with van der Waals surface area (Å²) in [5, 5.41) is 11.7. The van der Waals surface area contributed by atoms with Crippen LogP contribution in [0.5, 0.6) is 0 Å². The predicted molar refractivity (Wildman–Crippen MR) is 82.7 cm³/mol. The maximum atomic E-state index is 5.15. The topological polar surface area (TPSA) is 52.0 Å². The van der Waals surface area contributed by atoms with Gasteiger partial charge in [-0.3, -0.25) is 0 Å². The van der Waals surface area contributed by atoms with Gasteiger partial charge in [-0.05, 0) is 31.9 Å². The third-order valence-electron chi connectivity index (χ3n) is 3.17. The Morgan fingerprint density at radius 3 is 2.62 bits per heavy atom. The fourth-order valence-corrected chi connectivity index (χ4v) is 2.04. The molecule has 0 amide bonds. The van der Waals surface area contributed by atoms with Gasteiger partial charge in [0.15, 0.2) is 0 Å². The number of hydrogen-bond donors (Lipinski definition) is 1. The third-order valence-corrected chi connectivity index (χ3v) is 3.17. The summed E-state index contributed by atoms with van der Waals surface area (Å²) >= 11 is 0. The first-order valence-corrected chi connectivity index (χ1v) is 7.18. The molecular formula is C16H24N4O. The molecule has 0 aliphatic carbocycles. The molecule has 5 nitrogen and oxygen atoms in total. The number of ether oxygens (including phenoxy) is 1. The van der Waals surface area contributed by atoms with Gasteiger partial charge in [0.25, 0.3) is 0 Å². The molecular weight excluding hydrogens is 264 g/mol. The number of hydrogen-bond acceptors (Lipinski definition) is 4. The fraction of sp³-hybridized carbons (Fsp3) is 0.500. The molecule has 21 heavy (non-hydrogen) atoms. The van der Waals surface area contributed by atoms with Crippen molar-refractivity contribution in [3.63, 3.8) is 0 Å². The summed E-state index contributed by atoms with van der Waals surface area (Å²) in [7, 11) is 1.71. The standard InChI is InChI=1S/C16H24N4O/c1-16(2,3)20-11-15(18-19-20)10-17-9-13-6-5-7-14(8-13)12-21-4/h5-8,11,17H,9-10,12H2,1-4H3.